The molecule has 0 aromatic carbocycles. The topological polar surface area (TPSA) is 92.4 Å². The molecule has 0 aliphatic rings. The highest BCUT2D eigenvalue weighted by Crippen LogP contribution is 2.05. The molecule has 116 valence electrons. The molecule has 0 atom stereocenters. The number of urea groups is 1. The first-order valence-corrected chi connectivity index (χ1v) is 6.75. The van der Waals surface area contributed by atoms with Crippen LogP contribution in [0.25, 0.3) is 0 Å². The Kier molecular flexibility index (Phi) is 6.45. The maximum absolute atomic E-state index is 11.5. The highest BCUT2D eigenvalue weighted by Gasteiger charge is 2.15. The first-order valence-electron chi connectivity index (χ1n) is 6.75. The van der Waals surface area contributed by atoms with Gasteiger partial charge in [-0.15, -0.1) is 0 Å². The van der Waals surface area contributed by atoms with Gasteiger partial charge in [0.15, 0.2) is 0 Å². The molecule has 1 heterocycles. The molecule has 1 aromatic heterocycles. The quantitative estimate of drug-likeness (QED) is 0.716. The van der Waals surface area contributed by atoms with Crippen LogP contribution in [0.5, 0.6) is 0 Å². The number of carbonyl (C=O) groups is 2. The van der Waals surface area contributed by atoms with Crippen molar-refractivity contribution in [3.8, 4) is 0 Å². The number of alkyl carbamates (subject to hydrolysis) is 1. The second-order valence-electron chi connectivity index (χ2n) is 5.36. The average Bonchev–Trinajstić information content (AvgIpc) is 2.40. The summed E-state index contributed by atoms with van der Waals surface area (Å²) in [6.45, 7) is 6.33. The predicted octanol–water partition coefficient (Wildman–Crippen LogP) is 1.41. The van der Waals surface area contributed by atoms with Crippen LogP contribution < -0.4 is 16.0 Å². The van der Waals surface area contributed by atoms with Crippen molar-refractivity contribution in [1.29, 1.82) is 0 Å². The van der Waals surface area contributed by atoms with E-state index in [9.17, 15) is 9.59 Å². The van der Waals surface area contributed by atoms with Crippen LogP contribution in [-0.2, 0) is 11.3 Å². The molecule has 0 radical (unpaired) electrons. The standard InChI is InChI=1S/C14H22N4O3/c1-14(2,3)21-13(20)17-9-8-16-12(19)18-10-11-6-4-5-7-15-11/h4-7H,8-10H2,1-3H3,(H,17,20)(H2,16,18,19). The molecule has 0 bridgehead atoms. The van der Waals surface area contributed by atoms with Crippen molar-refractivity contribution in [2.24, 2.45) is 0 Å². The molecule has 7 heteroatoms. The van der Waals surface area contributed by atoms with Crippen molar-refractivity contribution in [1.82, 2.24) is 20.9 Å². The largest absolute Gasteiger partial charge is 0.444 e. The van der Waals surface area contributed by atoms with Gasteiger partial charge in [0.2, 0.25) is 0 Å². The molecular weight excluding hydrogens is 272 g/mol. The molecule has 3 N–H and O–H groups in total. The van der Waals surface area contributed by atoms with E-state index < -0.39 is 11.7 Å². The Morgan fingerprint density at radius 2 is 1.86 bits per heavy atom. The number of amides is 3. The molecule has 0 saturated heterocycles. The lowest BCUT2D eigenvalue weighted by Gasteiger charge is -2.19. The summed E-state index contributed by atoms with van der Waals surface area (Å²) in [5, 5.41) is 7.84. The van der Waals surface area contributed by atoms with Gasteiger partial charge < -0.3 is 20.7 Å². The summed E-state index contributed by atoms with van der Waals surface area (Å²) in [5.74, 6) is 0. The fourth-order valence-electron chi connectivity index (χ4n) is 1.39. The van der Waals surface area contributed by atoms with Crippen molar-refractivity contribution in [3.05, 3.63) is 30.1 Å². The molecule has 0 aliphatic carbocycles. The van der Waals surface area contributed by atoms with Gasteiger partial charge in [0, 0.05) is 19.3 Å². The van der Waals surface area contributed by atoms with E-state index in [1.165, 1.54) is 0 Å². The van der Waals surface area contributed by atoms with Crippen LogP contribution in [0.3, 0.4) is 0 Å². The van der Waals surface area contributed by atoms with Crippen LogP contribution in [0.15, 0.2) is 24.4 Å². The maximum atomic E-state index is 11.5. The third-order valence-corrected chi connectivity index (χ3v) is 2.23. The van der Waals surface area contributed by atoms with E-state index >= 15 is 0 Å². The molecule has 0 saturated carbocycles. The molecule has 1 rings (SSSR count). The molecule has 7 nitrogen and oxygen atoms in total. The van der Waals surface area contributed by atoms with Crippen molar-refractivity contribution in [3.63, 3.8) is 0 Å². The molecule has 1 aromatic rings. The first kappa shape index (κ1) is 16.7. The monoisotopic (exact) mass is 294 g/mol. The van der Waals surface area contributed by atoms with E-state index in [2.05, 4.69) is 20.9 Å². The molecule has 0 spiro atoms. The van der Waals surface area contributed by atoms with Crippen molar-refractivity contribution in [2.75, 3.05) is 13.1 Å². The molecular formula is C14H22N4O3. The van der Waals surface area contributed by atoms with E-state index in [1.54, 1.807) is 27.0 Å². The third kappa shape index (κ3) is 8.46. The van der Waals surface area contributed by atoms with E-state index in [0.717, 1.165) is 5.69 Å². The number of hydrogen-bond donors (Lipinski definition) is 3. The lowest BCUT2D eigenvalue weighted by atomic mass is 10.2. The Morgan fingerprint density at radius 1 is 1.14 bits per heavy atom. The third-order valence-electron chi connectivity index (χ3n) is 2.23. The van der Waals surface area contributed by atoms with Crippen LogP contribution in [0.1, 0.15) is 26.5 Å². The van der Waals surface area contributed by atoms with Crippen LogP contribution in [0.2, 0.25) is 0 Å². The minimum atomic E-state index is -0.530. The van der Waals surface area contributed by atoms with Crippen molar-refractivity contribution in [2.45, 2.75) is 32.9 Å². The lowest BCUT2D eigenvalue weighted by Crippen LogP contribution is -2.41. The van der Waals surface area contributed by atoms with Crippen LogP contribution in [-0.4, -0.2) is 35.8 Å². The number of ether oxygens (including phenoxy) is 1. The van der Waals surface area contributed by atoms with Gasteiger partial charge in [-0.3, -0.25) is 4.98 Å². The smallest absolute Gasteiger partial charge is 0.407 e. The van der Waals surface area contributed by atoms with Crippen molar-refractivity contribution >= 4 is 12.1 Å². The Labute approximate surface area is 124 Å². The fourth-order valence-corrected chi connectivity index (χ4v) is 1.39. The summed E-state index contributed by atoms with van der Waals surface area (Å²) < 4.78 is 5.06. The normalized spacial score (nSPS) is 10.6. The highest BCUT2D eigenvalue weighted by molar-refractivity contribution is 5.73. The number of carbonyl (C=O) groups excluding carboxylic acids is 2. The Bertz CT molecular complexity index is 457. The number of pyridine rings is 1. The van der Waals surface area contributed by atoms with Crippen molar-refractivity contribution < 1.29 is 14.3 Å². The number of nitrogens with zero attached hydrogens (tertiary/aromatic N) is 1. The van der Waals surface area contributed by atoms with E-state index in [-0.39, 0.29) is 6.03 Å². The second kappa shape index (κ2) is 8.08. The zero-order chi connectivity index (χ0) is 15.7. The van der Waals surface area contributed by atoms with Gasteiger partial charge in [-0.25, -0.2) is 9.59 Å². The van der Waals surface area contributed by atoms with Gasteiger partial charge in [-0.2, -0.15) is 0 Å². The zero-order valence-electron chi connectivity index (χ0n) is 12.6. The van der Waals surface area contributed by atoms with E-state index in [1.807, 2.05) is 18.2 Å². The summed E-state index contributed by atoms with van der Waals surface area (Å²) in [6, 6.07) is 5.18. The van der Waals surface area contributed by atoms with Gasteiger partial charge in [0.05, 0.1) is 12.2 Å². The summed E-state index contributed by atoms with van der Waals surface area (Å²) in [7, 11) is 0. The minimum Gasteiger partial charge on any atom is -0.444 e. The predicted molar refractivity (Wildman–Crippen MR) is 78.7 cm³/mol. The molecule has 0 unspecified atom stereocenters. The Morgan fingerprint density at radius 3 is 2.48 bits per heavy atom. The minimum absolute atomic E-state index is 0.298. The number of rotatable bonds is 5. The second-order valence-corrected chi connectivity index (χ2v) is 5.36. The Balaban J connectivity index is 2.10. The van der Waals surface area contributed by atoms with Gasteiger partial charge in [0.1, 0.15) is 5.60 Å². The van der Waals surface area contributed by atoms with E-state index in [0.29, 0.717) is 19.6 Å². The molecule has 3 amide bonds. The molecule has 0 fully saturated rings. The number of nitrogens with one attached hydrogen (secondary N) is 3. The fraction of sp³-hybridized carbons (Fsp3) is 0.500. The van der Waals surface area contributed by atoms with Gasteiger partial charge in [-0.1, -0.05) is 6.07 Å². The van der Waals surface area contributed by atoms with E-state index in [4.69, 9.17) is 4.74 Å². The molecule has 0 aliphatic heterocycles. The summed E-state index contributed by atoms with van der Waals surface area (Å²) in [4.78, 5) is 26.9. The maximum Gasteiger partial charge on any atom is 0.407 e. The van der Waals surface area contributed by atoms with Crippen LogP contribution >= 0.6 is 0 Å². The number of aromatic nitrogens is 1. The van der Waals surface area contributed by atoms with Crippen LogP contribution in [0, 0.1) is 0 Å². The Hall–Kier alpha value is -2.31. The van der Waals surface area contributed by atoms with Crippen LogP contribution in [0.4, 0.5) is 9.59 Å². The number of hydrogen-bond acceptors (Lipinski definition) is 4. The van der Waals surface area contributed by atoms with Gasteiger partial charge in [0.25, 0.3) is 0 Å². The lowest BCUT2D eigenvalue weighted by molar-refractivity contribution is 0.0528. The first-order chi connectivity index (χ1) is 9.87. The SMILES string of the molecule is CC(C)(C)OC(=O)NCCNC(=O)NCc1ccccn1. The van der Waals surface area contributed by atoms with Gasteiger partial charge in [-0.05, 0) is 32.9 Å². The summed E-state index contributed by atoms with van der Waals surface area (Å²) >= 11 is 0. The zero-order valence-corrected chi connectivity index (χ0v) is 12.6. The van der Waals surface area contributed by atoms with Gasteiger partial charge >= 0.3 is 12.1 Å². The highest BCUT2D eigenvalue weighted by atomic mass is 16.6. The average molecular weight is 294 g/mol. The summed E-state index contributed by atoms with van der Waals surface area (Å²) in [5.41, 5.74) is 0.247. The summed E-state index contributed by atoms with van der Waals surface area (Å²) in [6.07, 6.45) is 1.16. The molecule has 21 heavy (non-hydrogen) atoms.